The quantitative estimate of drug-likeness (QED) is 0.351. The summed E-state index contributed by atoms with van der Waals surface area (Å²) < 4.78 is 5.17. The van der Waals surface area contributed by atoms with Gasteiger partial charge in [0.05, 0.1) is 15.5 Å². The van der Waals surface area contributed by atoms with Crippen molar-refractivity contribution in [1.82, 2.24) is 0 Å². The van der Waals surface area contributed by atoms with Gasteiger partial charge >= 0.3 is 5.97 Å². The standard InChI is InChI=1S/C15H12ClNO4S/c1-22-12-5-6-14(16)13(8-12)15(18)21-9-10-3-2-4-11(7-10)17(19)20/h2-8H,9H2,1H3. The first-order valence-corrected chi connectivity index (χ1v) is 7.85. The van der Waals surface area contributed by atoms with E-state index in [1.165, 1.54) is 23.9 Å². The molecule has 0 bridgehead atoms. The molecule has 0 aliphatic rings. The van der Waals surface area contributed by atoms with Gasteiger partial charge in [-0.2, -0.15) is 0 Å². The highest BCUT2D eigenvalue weighted by Gasteiger charge is 2.14. The lowest BCUT2D eigenvalue weighted by Gasteiger charge is -2.07. The van der Waals surface area contributed by atoms with Gasteiger partial charge in [-0.1, -0.05) is 23.7 Å². The first-order valence-electron chi connectivity index (χ1n) is 6.25. The van der Waals surface area contributed by atoms with Gasteiger partial charge in [0.15, 0.2) is 0 Å². The largest absolute Gasteiger partial charge is 0.457 e. The first kappa shape index (κ1) is 16.3. The average Bonchev–Trinajstić information content (AvgIpc) is 2.53. The van der Waals surface area contributed by atoms with Crippen molar-refractivity contribution in [2.24, 2.45) is 0 Å². The molecule has 2 rings (SSSR count). The zero-order valence-corrected chi connectivity index (χ0v) is 13.2. The summed E-state index contributed by atoms with van der Waals surface area (Å²) in [6, 6.07) is 11.0. The van der Waals surface area contributed by atoms with Crippen molar-refractivity contribution in [2.75, 3.05) is 6.26 Å². The van der Waals surface area contributed by atoms with Crippen LogP contribution in [-0.2, 0) is 11.3 Å². The molecule has 0 fully saturated rings. The highest BCUT2D eigenvalue weighted by Crippen LogP contribution is 2.24. The Bertz CT molecular complexity index is 720. The van der Waals surface area contributed by atoms with Crippen LogP contribution < -0.4 is 0 Å². The van der Waals surface area contributed by atoms with Crippen molar-refractivity contribution in [3.8, 4) is 0 Å². The van der Waals surface area contributed by atoms with Gasteiger partial charge < -0.3 is 4.74 Å². The zero-order chi connectivity index (χ0) is 16.1. The summed E-state index contributed by atoms with van der Waals surface area (Å²) in [7, 11) is 0. The Morgan fingerprint density at radius 1 is 1.32 bits per heavy atom. The second-order valence-electron chi connectivity index (χ2n) is 4.35. The van der Waals surface area contributed by atoms with Crippen molar-refractivity contribution < 1.29 is 14.5 Å². The molecule has 0 aliphatic carbocycles. The predicted octanol–water partition coefficient (Wildman–Crippen LogP) is 4.33. The number of halogens is 1. The van der Waals surface area contributed by atoms with Gasteiger partial charge in [0.25, 0.3) is 5.69 Å². The number of ether oxygens (including phenoxy) is 1. The van der Waals surface area contributed by atoms with Crippen LogP contribution in [0.2, 0.25) is 5.02 Å². The first-order chi connectivity index (χ1) is 10.5. The van der Waals surface area contributed by atoms with Crippen LogP contribution >= 0.6 is 23.4 Å². The fourth-order valence-electron chi connectivity index (χ4n) is 1.77. The molecule has 0 saturated heterocycles. The van der Waals surface area contributed by atoms with E-state index in [1.54, 1.807) is 24.3 Å². The van der Waals surface area contributed by atoms with Crippen LogP contribution in [0.4, 0.5) is 5.69 Å². The normalized spacial score (nSPS) is 10.3. The predicted molar refractivity (Wildman–Crippen MR) is 85.4 cm³/mol. The molecule has 0 radical (unpaired) electrons. The molecule has 0 heterocycles. The Morgan fingerprint density at radius 3 is 2.77 bits per heavy atom. The second-order valence-corrected chi connectivity index (χ2v) is 5.64. The van der Waals surface area contributed by atoms with E-state index in [4.69, 9.17) is 16.3 Å². The summed E-state index contributed by atoms with van der Waals surface area (Å²) >= 11 is 7.48. The van der Waals surface area contributed by atoms with E-state index in [9.17, 15) is 14.9 Å². The van der Waals surface area contributed by atoms with Crippen LogP contribution in [-0.4, -0.2) is 17.1 Å². The van der Waals surface area contributed by atoms with Crippen LogP contribution in [0.1, 0.15) is 15.9 Å². The van der Waals surface area contributed by atoms with Crippen LogP contribution in [0.5, 0.6) is 0 Å². The summed E-state index contributed by atoms with van der Waals surface area (Å²) in [6.45, 7) is -0.0552. The number of thioether (sulfide) groups is 1. The smallest absolute Gasteiger partial charge is 0.340 e. The Hall–Kier alpha value is -2.05. The van der Waals surface area contributed by atoms with E-state index >= 15 is 0 Å². The maximum absolute atomic E-state index is 12.1. The highest BCUT2D eigenvalue weighted by molar-refractivity contribution is 7.98. The Labute approximate surface area is 136 Å². The lowest BCUT2D eigenvalue weighted by molar-refractivity contribution is -0.384. The van der Waals surface area contributed by atoms with Crippen molar-refractivity contribution in [2.45, 2.75) is 11.5 Å². The summed E-state index contributed by atoms with van der Waals surface area (Å²) in [5, 5.41) is 11.0. The number of carbonyl (C=O) groups excluding carboxylic acids is 1. The van der Waals surface area contributed by atoms with Crippen molar-refractivity contribution >= 4 is 35.0 Å². The minimum Gasteiger partial charge on any atom is -0.457 e. The van der Waals surface area contributed by atoms with Gasteiger partial charge in [0.2, 0.25) is 0 Å². The molecule has 2 aromatic rings. The van der Waals surface area contributed by atoms with Gasteiger partial charge in [0, 0.05) is 17.0 Å². The number of hydrogen-bond acceptors (Lipinski definition) is 5. The average molecular weight is 338 g/mol. The van der Waals surface area contributed by atoms with Gasteiger partial charge in [-0.05, 0) is 30.0 Å². The number of hydrogen-bond donors (Lipinski definition) is 0. The van der Waals surface area contributed by atoms with E-state index in [1.807, 2.05) is 12.3 Å². The molecule has 5 nitrogen and oxygen atoms in total. The Kier molecular flexibility index (Phi) is 5.41. The number of rotatable bonds is 5. The third-order valence-electron chi connectivity index (χ3n) is 2.88. The number of carbonyl (C=O) groups is 1. The monoisotopic (exact) mass is 337 g/mol. The molecule has 7 heteroatoms. The second kappa shape index (κ2) is 7.29. The number of non-ortho nitro benzene ring substituents is 1. The topological polar surface area (TPSA) is 69.4 Å². The summed E-state index contributed by atoms with van der Waals surface area (Å²) in [4.78, 5) is 23.2. The SMILES string of the molecule is CSc1ccc(Cl)c(C(=O)OCc2cccc([N+](=O)[O-])c2)c1. The van der Waals surface area contributed by atoms with Crippen molar-refractivity contribution in [1.29, 1.82) is 0 Å². The van der Waals surface area contributed by atoms with E-state index < -0.39 is 10.9 Å². The molecule has 0 spiro atoms. The van der Waals surface area contributed by atoms with E-state index in [2.05, 4.69) is 0 Å². The molecular weight excluding hydrogens is 326 g/mol. The third kappa shape index (κ3) is 3.99. The number of benzene rings is 2. The van der Waals surface area contributed by atoms with Gasteiger partial charge in [-0.15, -0.1) is 11.8 Å². The van der Waals surface area contributed by atoms with Gasteiger partial charge in [-0.25, -0.2) is 4.79 Å². The van der Waals surface area contributed by atoms with Crippen LogP contribution in [0.15, 0.2) is 47.4 Å². The number of nitro groups is 1. The molecule has 0 aliphatic heterocycles. The lowest BCUT2D eigenvalue weighted by atomic mass is 10.2. The minimum atomic E-state index is -0.563. The van der Waals surface area contributed by atoms with Gasteiger partial charge in [-0.3, -0.25) is 10.1 Å². The molecular formula is C15H12ClNO4S. The molecule has 0 amide bonds. The number of nitrogens with zero attached hydrogens (tertiary/aromatic N) is 1. The fraction of sp³-hybridized carbons (Fsp3) is 0.133. The molecule has 22 heavy (non-hydrogen) atoms. The lowest BCUT2D eigenvalue weighted by Crippen LogP contribution is -2.06. The number of esters is 1. The molecule has 2 aromatic carbocycles. The van der Waals surface area contributed by atoms with Crippen LogP contribution in [0.25, 0.3) is 0 Å². The molecule has 0 aromatic heterocycles. The third-order valence-corrected chi connectivity index (χ3v) is 3.94. The molecule has 0 atom stereocenters. The van der Waals surface area contributed by atoms with Gasteiger partial charge in [0.1, 0.15) is 6.61 Å². The maximum atomic E-state index is 12.1. The van der Waals surface area contributed by atoms with E-state index in [0.717, 1.165) is 4.90 Å². The maximum Gasteiger partial charge on any atom is 0.340 e. The van der Waals surface area contributed by atoms with Crippen molar-refractivity contribution in [3.63, 3.8) is 0 Å². The Balaban J connectivity index is 2.10. The summed E-state index contributed by atoms with van der Waals surface area (Å²) in [6.07, 6.45) is 1.89. The Morgan fingerprint density at radius 2 is 2.09 bits per heavy atom. The van der Waals surface area contributed by atoms with E-state index in [0.29, 0.717) is 10.6 Å². The fourth-order valence-corrected chi connectivity index (χ4v) is 2.41. The van der Waals surface area contributed by atoms with E-state index in [-0.39, 0.29) is 17.9 Å². The van der Waals surface area contributed by atoms with Crippen molar-refractivity contribution in [3.05, 3.63) is 68.7 Å². The summed E-state index contributed by atoms with van der Waals surface area (Å²) in [5.41, 5.74) is 0.773. The number of nitro benzene ring substituents is 1. The molecule has 114 valence electrons. The molecule has 0 saturated carbocycles. The van der Waals surface area contributed by atoms with Crippen LogP contribution in [0.3, 0.4) is 0 Å². The summed E-state index contributed by atoms with van der Waals surface area (Å²) in [5.74, 6) is -0.563. The minimum absolute atomic E-state index is 0.0454. The van der Waals surface area contributed by atoms with Crippen LogP contribution in [0, 0.1) is 10.1 Å². The zero-order valence-electron chi connectivity index (χ0n) is 11.6. The highest BCUT2D eigenvalue weighted by atomic mass is 35.5. The molecule has 0 unspecified atom stereocenters. The molecule has 0 N–H and O–H groups in total.